The van der Waals surface area contributed by atoms with Gasteiger partial charge >= 0.3 is 6.18 Å². The molecule has 7 heteroatoms. The maximum absolute atomic E-state index is 13.2. The zero-order valence-electron chi connectivity index (χ0n) is 14.0. The summed E-state index contributed by atoms with van der Waals surface area (Å²) in [6, 6.07) is 9.69. The quantitative estimate of drug-likeness (QED) is 0.659. The second-order valence-corrected chi connectivity index (χ2v) is 5.75. The van der Waals surface area contributed by atoms with E-state index in [2.05, 4.69) is 16.9 Å². The fourth-order valence-electron chi connectivity index (χ4n) is 2.53. The number of hydrogen-bond acceptors (Lipinski definition) is 3. The van der Waals surface area contributed by atoms with Crippen LogP contribution in [-0.2, 0) is 13.2 Å². The second kappa shape index (κ2) is 6.89. The molecule has 27 heavy (non-hydrogen) atoms. The van der Waals surface area contributed by atoms with Crippen LogP contribution >= 0.6 is 0 Å². The lowest BCUT2D eigenvalue weighted by Gasteiger charge is -2.09. The highest BCUT2D eigenvalue weighted by atomic mass is 19.4. The highest BCUT2D eigenvalue weighted by molar-refractivity contribution is 5.72. The van der Waals surface area contributed by atoms with Crippen LogP contribution in [0, 0.1) is 23.2 Å². The van der Waals surface area contributed by atoms with Crippen LogP contribution < -0.4 is 0 Å². The molecular weight excluding hydrogens is 355 g/mol. The third-order valence-corrected chi connectivity index (χ3v) is 3.80. The molecule has 4 nitrogen and oxygen atoms in total. The predicted octanol–water partition coefficient (Wildman–Crippen LogP) is 4.08. The fraction of sp³-hybridized carbons (Fsp3) is 0.100. The minimum absolute atomic E-state index is 0.248. The Hall–Kier alpha value is -3.71. The van der Waals surface area contributed by atoms with E-state index in [9.17, 15) is 18.3 Å². The van der Waals surface area contributed by atoms with E-state index < -0.39 is 17.5 Å². The van der Waals surface area contributed by atoms with E-state index in [1.807, 2.05) is 6.07 Å². The van der Waals surface area contributed by atoms with Gasteiger partial charge in [-0.1, -0.05) is 11.8 Å². The number of nitrogens with zero attached hydrogens (tertiary/aromatic N) is 3. The Labute approximate surface area is 153 Å². The number of benzene rings is 2. The van der Waals surface area contributed by atoms with Gasteiger partial charge in [-0.2, -0.15) is 23.5 Å². The SMILES string of the molecule is Cn1cc(-c2cc(C#N)ccc2C#Cc2ccc(O)cc2C(F)(F)F)cn1. The summed E-state index contributed by atoms with van der Waals surface area (Å²) in [5.41, 5.74) is 0.902. The normalized spacial score (nSPS) is 10.8. The summed E-state index contributed by atoms with van der Waals surface area (Å²) in [6.07, 6.45) is -1.33. The molecule has 3 aromatic rings. The van der Waals surface area contributed by atoms with Crippen molar-refractivity contribution in [1.82, 2.24) is 9.78 Å². The summed E-state index contributed by atoms with van der Waals surface area (Å²) in [7, 11) is 1.73. The molecule has 134 valence electrons. The Bertz CT molecular complexity index is 1110. The molecule has 0 bridgehead atoms. The van der Waals surface area contributed by atoms with E-state index >= 15 is 0 Å². The summed E-state index contributed by atoms with van der Waals surface area (Å²) < 4.78 is 41.1. The average molecular weight is 367 g/mol. The maximum atomic E-state index is 13.2. The molecular formula is C20H12F3N3O. The molecule has 0 amide bonds. The van der Waals surface area contributed by atoms with Gasteiger partial charge in [0.1, 0.15) is 5.75 Å². The van der Waals surface area contributed by atoms with Crippen molar-refractivity contribution in [3.8, 4) is 34.8 Å². The number of aromatic nitrogens is 2. The van der Waals surface area contributed by atoms with Crippen LogP contribution in [0.2, 0.25) is 0 Å². The number of phenolic OH excluding ortho intramolecular Hbond substituents is 1. The molecule has 1 N–H and O–H groups in total. The number of halogens is 3. The van der Waals surface area contributed by atoms with Crippen LogP contribution in [0.15, 0.2) is 48.8 Å². The molecule has 0 fully saturated rings. The predicted molar refractivity (Wildman–Crippen MR) is 92.4 cm³/mol. The zero-order chi connectivity index (χ0) is 19.6. The van der Waals surface area contributed by atoms with Gasteiger partial charge in [-0.05, 0) is 36.4 Å². The Kier molecular flexibility index (Phi) is 4.62. The topological polar surface area (TPSA) is 61.8 Å². The van der Waals surface area contributed by atoms with Gasteiger partial charge in [0, 0.05) is 35.5 Å². The number of alkyl halides is 3. The summed E-state index contributed by atoms with van der Waals surface area (Å²) in [6.45, 7) is 0. The average Bonchev–Trinajstić information content (AvgIpc) is 3.06. The van der Waals surface area contributed by atoms with Crippen LogP contribution in [-0.4, -0.2) is 14.9 Å². The standard InChI is InChI=1S/C20H12F3N3O/c1-26-12-16(11-25-26)18-8-13(10-24)2-3-14(18)4-5-15-6-7-17(27)9-19(15)20(21,22)23/h2-3,6-9,11-12,27H,1H3. The molecule has 0 saturated heterocycles. The number of rotatable bonds is 1. The van der Waals surface area contributed by atoms with Crippen molar-refractivity contribution in [1.29, 1.82) is 5.26 Å². The molecule has 1 aromatic heterocycles. The van der Waals surface area contributed by atoms with Crippen LogP contribution in [0.5, 0.6) is 5.75 Å². The van der Waals surface area contributed by atoms with Crippen molar-refractivity contribution in [2.45, 2.75) is 6.18 Å². The molecule has 2 aromatic carbocycles. The highest BCUT2D eigenvalue weighted by Crippen LogP contribution is 2.34. The molecule has 3 rings (SSSR count). The molecule has 0 radical (unpaired) electrons. The van der Waals surface area contributed by atoms with Gasteiger partial charge in [0.05, 0.1) is 23.4 Å². The maximum Gasteiger partial charge on any atom is 0.417 e. The number of nitriles is 1. The van der Waals surface area contributed by atoms with Gasteiger partial charge in [0.2, 0.25) is 0 Å². The van der Waals surface area contributed by atoms with Crippen molar-refractivity contribution in [3.63, 3.8) is 0 Å². The number of aryl methyl sites for hydroxylation is 1. The number of aromatic hydroxyl groups is 1. The van der Waals surface area contributed by atoms with Crippen LogP contribution in [0.3, 0.4) is 0 Å². The smallest absolute Gasteiger partial charge is 0.417 e. The molecule has 0 atom stereocenters. The number of hydrogen-bond donors (Lipinski definition) is 1. The van der Waals surface area contributed by atoms with E-state index in [0.29, 0.717) is 28.3 Å². The fourth-order valence-corrected chi connectivity index (χ4v) is 2.53. The molecule has 0 aliphatic heterocycles. The Balaban J connectivity index is 2.13. The first-order valence-electron chi connectivity index (χ1n) is 7.73. The molecule has 0 aliphatic rings. The summed E-state index contributed by atoms with van der Waals surface area (Å²) in [5, 5.41) is 22.5. The minimum Gasteiger partial charge on any atom is -0.508 e. The van der Waals surface area contributed by atoms with Gasteiger partial charge in [-0.3, -0.25) is 4.68 Å². The Morgan fingerprint density at radius 3 is 2.41 bits per heavy atom. The Morgan fingerprint density at radius 2 is 1.78 bits per heavy atom. The molecule has 0 saturated carbocycles. The van der Waals surface area contributed by atoms with Crippen molar-refractivity contribution >= 4 is 0 Å². The van der Waals surface area contributed by atoms with E-state index in [1.54, 1.807) is 42.3 Å². The summed E-state index contributed by atoms with van der Waals surface area (Å²) in [5.74, 6) is 4.79. The van der Waals surface area contributed by atoms with Crippen molar-refractivity contribution in [2.24, 2.45) is 7.05 Å². The summed E-state index contributed by atoms with van der Waals surface area (Å²) >= 11 is 0. The van der Waals surface area contributed by atoms with Gasteiger partial charge in [0.15, 0.2) is 0 Å². The van der Waals surface area contributed by atoms with Crippen molar-refractivity contribution < 1.29 is 18.3 Å². The molecule has 0 spiro atoms. The minimum atomic E-state index is -4.64. The van der Waals surface area contributed by atoms with E-state index in [1.165, 1.54) is 0 Å². The van der Waals surface area contributed by atoms with Crippen molar-refractivity contribution in [3.05, 3.63) is 71.0 Å². The van der Waals surface area contributed by atoms with Crippen LogP contribution in [0.25, 0.3) is 11.1 Å². The molecule has 0 unspecified atom stereocenters. The monoisotopic (exact) mass is 367 g/mol. The van der Waals surface area contributed by atoms with E-state index in [-0.39, 0.29) is 5.56 Å². The largest absolute Gasteiger partial charge is 0.508 e. The third kappa shape index (κ3) is 3.94. The van der Waals surface area contributed by atoms with Gasteiger partial charge in [-0.15, -0.1) is 0 Å². The van der Waals surface area contributed by atoms with Crippen molar-refractivity contribution in [2.75, 3.05) is 0 Å². The van der Waals surface area contributed by atoms with Gasteiger partial charge < -0.3 is 5.11 Å². The third-order valence-electron chi connectivity index (χ3n) is 3.80. The lowest BCUT2D eigenvalue weighted by Crippen LogP contribution is -2.07. The first-order valence-corrected chi connectivity index (χ1v) is 7.73. The van der Waals surface area contributed by atoms with E-state index in [4.69, 9.17) is 5.26 Å². The van der Waals surface area contributed by atoms with Crippen LogP contribution in [0.1, 0.15) is 22.3 Å². The van der Waals surface area contributed by atoms with Gasteiger partial charge in [-0.25, -0.2) is 0 Å². The lowest BCUT2D eigenvalue weighted by molar-refractivity contribution is -0.137. The molecule has 1 heterocycles. The van der Waals surface area contributed by atoms with Gasteiger partial charge in [0.25, 0.3) is 0 Å². The number of phenols is 1. The lowest BCUT2D eigenvalue weighted by atomic mass is 9.99. The molecule has 0 aliphatic carbocycles. The summed E-state index contributed by atoms with van der Waals surface area (Å²) in [4.78, 5) is 0. The highest BCUT2D eigenvalue weighted by Gasteiger charge is 2.33. The first kappa shape index (κ1) is 18.1. The van der Waals surface area contributed by atoms with E-state index in [0.717, 1.165) is 12.1 Å². The zero-order valence-corrected chi connectivity index (χ0v) is 14.0. The Morgan fingerprint density at radius 1 is 1.07 bits per heavy atom. The van der Waals surface area contributed by atoms with Crippen LogP contribution in [0.4, 0.5) is 13.2 Å². The second-order valence-electron chi connectivity index (χ2n) is 5.75. The first-order chi connectivity index (χ1) is 12.8.